The van der Waals surface area contributed by atoms with Gasteiger partial charge in [-0.25, -0.2) is 0 Å². The number of halogens is 6. The van der Waals surface area contributed by atoms with Gasteiger partial charge < -0.3 is 5.21 Å². The van der Waals surface area contributed by atoms with E-state index in [0.29, 0.717) is 12.1 Å². The second-order valence-corrected chi connectivity index (χ2v) is 4.53. The summed E-state index contributed by atoms with van der Waals surface area (Å²) in [5.74, 6) is 0. The third-order valence-electron chi connectivity index (χ3n) is 2.59. The molecular weight excluding hydrogens is 276 g/mol. The molecule has 1 rings (SSSR count). The van der Waals surface area contributed by atoms with E-state index in [2.05, 4.69) is 0 Å². The number of rotatable bonds is 2. The van der Waals surface area contributed by atoms with Gasteiger partial charge in [-0.2, -0.15) is 31.8 Å². The summed E-state index contributed by atoms with van der Waals surface area (Å²) in [6.45, 7) is 2.51. The predicted molar refractivity (Wildman–Crippen MR) is 54.4 cm³/mol. The molecule has 0 bridgehead atoms. The molecule has 19 heavy (non-hydrogen) atoms. The Bertz CT molecular complexity index is 431. The van der Waals surface area contributed by atoms with E-state index in [1.165, 1.54) is 13.8 Å². The fourth-order valence-electron chi connectivity index (χ4n) is 1.38. The molecule has 0 fully saturated rings. The van der Waals surface area contributed by atoms with Crippen LogP contribution in [-0.4, -0.2) is 5.21 Å². The Morgan fingerprint density at radius 1 is 0.789 bits per heavy atom. The average molecular weight is 287 g/mol. The van der Waals surface area contributed by atoms with Crippen LogP contribution < -0.4 is 5.48 Å². The van der Waals surface area contributed by atoms with E-state index in [4.69, 9.17) is 5.21 Å². The number of hydrogen-bond donors (Lipinski definition) is 2. The SMILES string of the molecule is CC(C)(NO)c1cc(C(F)(F)F)cc(C(F)(F)F)c1. The summed E-state index contributed by atoms with van der Waals surface area (Å²) in [5, 5.41) is 8.82. The molecule has 0 saturated heterocycles. The second-order valence-electron chi connectivity index (χ2n) is 4.53. The van der Waals surface area contributed by atoms with Crippen molar-refractivity contribution in [1.82, 2.24) is 5.48 Å². The van der Waals surface area contributed by atoms with E-state index in [1.807, 2.05) is 0 Å². The van der Waals surface area contributed by atoms with Crippen LogP contribution in [0.15, 0.2) is 18.2 Å². The lowest BCUT2D eigenvalue weighted by Crippen LogP contribution is -2.34. The molecule has 108 valence electrons. The molecule has 0 spiro atoms. The highest BCUT2D eigenvalue weighted by Gasteiger charge is 2.38. The first-order valence-electron chi connectivity index (χ1n) is 5.09. The second kappa shape index (κ2) is 4.68. The Labute approximate surface area is 105 Å². The van der Waals surface area contributed by atoms with Crippen molar-refractivity contribution in [1.29, 1.82) is 0 Å². The third kappa shape index (κ3) is 3.60. The molecule has 1 aromatic rings. The summed E-state index contributed by atoms with van der Waals surface area (Å²) in [4.78, 5) is 0. The maximum atomic E-state index is 12.6. The topological polar surface area (TPSA) is 32.3 Å². The minimum absolute atomic E-state index is 0.0386. The molecule has 0 radical (unpaired) electrons. The molecule has 0 heterocycles. The third-order valence-corrected chi connectivity index (χ3v) is 2.59. The zero-order valence-corrected chi connectivity index (χ0v) is 9.95. The van der Waals surface area contributed by atoms with Crippen LogP contribution in [0.1, 0.15) is 30.5 Å². The van der Waals surface area contributed by atoms with Crippen LogP contribution in [0.4, 0.5) is 26.3 Å². The fourth-order valence-corrected chi connectivity index (χ4v) is 1.38. The van der Waals surface area contributed by atoms with E-state index in [1.54, 1.807) is 5.48 Å². The van der Waals surface area contributed by atoms with Crippen molar-refractivity contribution in [3.8, 4) is 0 Å². The largest absolute Gasteiger partial charge is 0.416 e. The molecule has 0 atom stereocenters. The standard InChI is InChI=1S/C11H11F6NO/c1-9(2,18-19)6-3-7(10(12,13)14)5-8(4-6)11(15,16)17/h3-5,18-19H,1-2H3. The summed E-state index contributed by atoms with van der Waals surface area (Å²) in [7, 11) is 0. The van der Waals surface area contributed by atoms with Gasteiger partial charge in [-0.1, -0.05) is 0 Å². The van der Waals surface area contributed by atoms with Gasteiger partial charge >= 0.3 is 12.4 Å². The monoisotopic (exact) mass is 287 g/mol. The van der Waals surface area contributed by atoms with Crippen LogP contribution in [0.2, 0.25) is 0 Å². The van der Waals surface area contributed by atoms with Gasteiger partial charge in [0.2, 0.25) is 0 Å². The minimum atomic E-state index is -4.90. The summed E-state index contributed by atoms with van der Waals surface area (Å²) in [6, 6.07) is 1.17. The molecule has 8 heteroatoms. The number of hydrogen-bond acceptors (Lipinski definition) is 2. The van der Waals surface area contributed by atoms with Gasteiger partial charge in [0.15, 0.2) is 0 Å². The van der Waals surface area contributed by atoms with Gasteiger partial charge in [0.25, 0.3) is 0 Å². The average Bonchev–Trinajstić information content (AvgIpc) is 2.26. The lowest BCUT2D eigenvalue weighted by molar-refractivity contribution is -0.143. The number of hydroxylamine groups is 1. The summed E-state index contributed by atoms with van der Waals surface area (Å²) in [6.07, 6.45) is -9.80. The fraction of sp³-hybridized carbons (Fsp3) is 0.455. The van der Waals surface area contributed by atoms with Gasteiger partial charge in [-0.05, 0) is 37.6 Å². The molecule has 1 aromatic carbocycles. The van der Waals surface area contributed by atoms with Gasteiger partial charge in [0, 0.05) is 0 Å². The van der Waals surface area contributed by atoms with Gasteiger partial charge in [-0.3, -0.25) is 0 Å². The Kier molecular flexibility index (Phi) is 3.88. The highest BCUT2D eigenvalue weighted by molar-refractivity contribution is 5.36. The summed E-state index contributed by atoms with van der Waals surface area (Å²) < 4.78 is 75.5. The molecular formula is C11H11F6NO. The number of alkyl halides is 6. The lowest BCUT2D eigenvalue weighted by atomic mass is 9.91. The molecule has 2 N–H and O–H groups in total. The first-order chi connectivity index (χ1) is 8.38. The van der Waals surface area contributed by atoms with Crippen LogP contribution in [0, 0.1) is 0 Å². The van der Waals surface area contributed by atoms with E-state index < -0.39 is 29.0 Å². The van der Waals surface area contributed by atoms with Crippen molar-refractivity contribution in [2.24, 2.45) is 0 Å². The Balaban J connectivity index is 3.51. The molecule has 0 aliphatic carbocycles. The first-order valence-corrected chi connectivity index (χ1v) is 5.09. The summed E-state index contributed by atoms with van der Waals surface area (Å²) in [5.41, 5.74) is -2.92. The molecule has 0 aliphatic rings. The van der Waals surface area contributed by atoms with E-state index in [-0.39, 0.29) is 11.6 Å². The molecule has 2 nitrogen and oxygen atoms in total. The Hall–Kier alpha value is -1.28. The normalized spacial score (nSPS) is 13.7. The molecule has 0 aromatic heterocycles. The van der Waals surface area contributed by atoms with Crippen LogP contribution in [0.5, 0.6) is 0 Å². The molecule has 0 saturated carbocycles. The van der Waals surface area contributed by atoms with Crippen molar-refractivity contribution in [2.75, 3.05) is 0 Å². The molecule has 0 unspecified atom stereocenters. The molecule has 0 aliphatic heterocycles. The van der Waals surface area contributed by atoms with Crippen molar-refractivity contribution >= 4 is 0 Å². The maximum Gasteiger partial charge on any atom is 0.416 e. The quantitative estimate of drug-likeness (QED) is 0.638. The zero-order valence-electron chi connectivity index (χ0n) is 9.95. The van der Waals surface area contributed by atoms with Crippen molar-refractivity contribution < 1.29 is 31.5 Å². The smallest absolute Gasteiger partial charge is 0.316 e. The van der Waals surface area contributed by atoms with Crippen LogP contribution >= 0.6 is 0 Å². The zero-order chi connectivity index (χ0) is 15.1. The van der Waals surface area contributed by atoms with Gasteiger partial charge in [0.05, 0.1) is 16.7 Å². The first kappa shape index (κ1) is 15.8. The predicted octanol–water partition coefficient (Wildman–Crippen LogP) is 3.94. The van der Waals surface area contributed by atoms with Crippen molar-refractivity contribution in [3.05, 3.63) is 34.9 Å². The maximum absolute atomic E-state index is 12.6. The van der Waals surface area contributed by atoms with Crippen LogP contribution in [0.25, 0.3) is 0 Å². The summed E-state index contributed by atoms with van der Waals surface area (Å²) >= 11 is 0. The van der Waals surface area contributed by atoms with E-state index in [9.17, 15) is 26.3 Å². The minimum Gasteiger partial charge on any atom is -0.316 e. The highest BCUT2D eigenvalue weighted by Crippen LogP contribution is 2.38. The van der Waals surface area contributed by atoms with Crippen LogP contribution in [0.3, 0.4) is 0 Å². The Morgan fingerprint density at radius 3 is 1.37 bits per heavy atom. The number of benzene rings is 1. The van der Waals surface area contributed by atoms with Gasteiger partial charge in [-0.15, -0.1) is 0 Å². The Morgan fingerprint density at radius 2 is 1.11 bits per heavy atom. The van der Waals surface area contributed by atoms with Crippen molar-refractivity contribution in [3.63, 3.8) is 0 Å². The van der Waals surface area contributed by atoms with Crippen LogP contribution in [-0.2, 0) is 17.9 Å². The highest BCUT2D eigenvalue weighted by atomic mass is 19.4. The van der Waals surface area contributed by atoms with Gasteiger partial charge in [0.1, 0.15) is 0 Å². The van der Waals surface area contributed by atoms with E-state index in [0.717, 1.165) is 0 Å². The van der Waals surface area contributed by atoms with Crippen molar-refractivity contribution in [2.45, 2.75) is 31.7 Å². The number of nitrogens with one attached hydrogen (secondary N) is 1. The molecule has 0 amide bonds. The lowest BCUT2D eigenvalue weighted by Gasteiger charge is -2.25. The van der Waals surface area contributed by atoms with E-state index >= 15 is 0 Å².